The van der Waals surface area contributed by atoms with E-state index in [4.69, 9.17) is 0 Å². The molecule has 0 radical (unpaired) electrons. The highest BCUT2D eigenvalue weighted by molar-refractivity contribution is 7.99. The molecule has 1 saturated heterocycles. The van der Waals surface area contributed by atoms with Crippen LogP contribution in [-0.2, 0) is 4.79 Å². The molecule has 0 aliphatic carbocycles. The lowest BCUT2D eigenvalue weighted by molar-refractivity contribution is -0.117. The van der Waals surface area contributed by atoms with Crippen molar-refractivity contribution in [1.29, 1.82) is 0 Å². The van der Waals surface area contributed by atoms with Gasteiger partial charge >= 0.3 is 0 Å². The summed E-state index contributed by atoms with van der Waals surface area (Å²) in [5.41, 5.74) is 1.49. The quantitative estimate of drug-likeness (QED) is 0.674. The predicted molar refractivity (Wildman–Crippen MR) is 79.5 cm³/mol. The van der Waals surface area contributed by atoms with E-state index in [1.54, 1.807) is 17.0 Å². The molecule has 1 aliphatic rings. The van der Waals surface area contributed by atoms with E-state index in [0.29, 0.717) is 22.9 Å². The molecule has 7 heteroatoms. The van der Waals surface area contributed by atoms with E-state index < -0.39 is 0 Å². The fourth-order valence-electron chi connectivity index (χ4n) is 2.23. The molecule has 2 heterocycles. The number of H-pyrrole nitrogens is 1. The van der Waals surface area contributed by atoms with Crippen LogP contribution < -0.4 is 4.90 Å². The van der Waals surface area contributed by atoms with E-state index >= 15 is 0 Å². The van der Waals surface area contributed by atoms with E-state index in [1.807, 2.05) is 12.1 Å². The molecule has 1 N–H and O–H groups in total. The highest BCUT2D eigenvalue weighted by Crippen LogP contribution is 2.22. The third-order valence-corrected chi connectivity index (χ3v) is 4.18. The van der Waals surface area contributed by atoms with Crippen molar-refractivity contribution in [3.63, 3.8) is 0 Å². The monoisotopic (exact) mass is 302 g/mol. The lowest BCUT2D eigenvalue weighted by atomic mass is 10.1. The Kier molecular flexibility index (Phi) is 4.01. The number of Topliss-reactive ketones (excluding diaryl/α,β-unsaturated/α-hetero) is 1. The van der Waals surface area contributed by atoms with Crippen molar-refractivity contribution in [3.05, 3.63) is 36.2 Å². The number of aromatic nitrogens is 3. The normalized spacial score (nSPS) is 14.7. The van der Waals surface area contributed by atoms with Crippen molar-refractivity contribution in [3.8, 4) is 0 Å². The number of hydrogen-bond donors (Lipinski definition) is 1. The molecule has 0 unspecified atom stereocenters. The molecule has 108 valence electrons. The van der Waals surface area contributed by atoms with E-state index in [0.717, 1.165) is 18.7 Å². The zero-order chi connectivity index (χ0) is 14.7. The van der Waals surface area contributed by atoms with Gasteiger partial charge in [0, 0.05) is 24.2 Å². The van der Waals surface area contributed by atoms with Crippen LogP contribution in [0.1, 0.15) is 23.2 Å². The molecule has 2 aromatic rings. The number of rotatable bonds is 5. The number of carbonyl (C=O) groups is 2. The number of nitrogens with one attached hydrogen (secondary N) is 1. The van der Waals surface area contributed by atoms with Crippen LogP contribution in [0, 0.1) is 0 Å². The summed E-state index contributed by atoms with van der Waals surface area (Å²) in [6.45, 7) is 0.757. The van der Waals surface area contributed by atoms with Crippen molar-refractivity contribution in [1.82, 2.24) is 15.2 Å². The summed E-state index contributed by atoms with van der Waals surface area (Å²) in [6, 6.07) is 7.19. The number of hydrogen-bond acceptors (Lipinski definition) is 5. The minimum atomic E-state index is 0.0238. The van der Waals surface area contributed by atoms with Gasteiger partial charge in [0.1, 0.15) is 6.33 Å². The Bertz CT molecular complexity index is 640. The van der Waals surface area contributed by atoms with Crippen molar-refractivity contribution in [2.45, 2.75) is 18.0 Å². The molecule has 1 aromatic carbocycles. The molecule has 1 aliphatic heterocycles. The number of carbonyl (C=O) groups excluding carboxylic acids is 2. The molecule has 1 amide bonds. The van der Waals surface area contributed by atoms with Crippen LogP contribution in [0.4, 0.5) is 5.69 Å². The molecule has 6 nitrogen and oxygen atoms in total. The summed E-state index contributed by atoms with van der Waals surface area (Å²) in [5, 5.41) is 7.06. The number of nitrogens with zero attached hydrogens (tertiary/aromatic N) is 3. The van der Waals surface area contributed by atoms with Crippen LogP contribution in [0.15, 0.2) is 35.7 Å². The summed E-state index contributed by atoms with van der Waals surface area (Å²) in [5.74, 6) is 0.475. The van der Waals surface area contributed by atoms with Gasteiger partial charge in [0.15, 0.2) is 10.9 Å². The predicted octanol–water partition coefficient (Wildman–Crippen LogP) is 1.91. The Morgan fingerprint density at radius 3 is 2.76 bits per heavy atom. The second kappa shape index (κ2) is 6.09. The molecule has 0 saturated carbocycles. The zero-order valence-corrected chi connectivity index (χ0v) is 12.1. The van der Waals surface area contributed by atoms with Gasteiger partial charge in [0.2, 0.25) is 5.91 Å². The van der Waals surface area contributed by atoms with E-state index in [1.165, 1.54) is 18.1 Å². The van der Waals surface area contributed by atoms with Crippen LogP contribution in [0.5, 0.6) is 0 Å². The number of ketones is 1. The van der Waals surface area contributed by atoms with Crippen LogP contribution in [-0.4, -0.2) is 39.2 Å². The van der Waals surface area contributed by atoms with Crippen molar-refractivity contribution in [2.24, 2.45) is 0 Å². The van der Waals surface area contributed by atoms with E-state index in [-0.39, 0.29) is 11.7 Å². The summed E-state index contributed by atoms with van der Waals surface area (Å²) in [7, 11) is 0. The minimum Gasteiger partial charge on any atom is -0.312 e. The average Bonchev–Trinajstić information content (AvgIpc) is 3.16. The molecule has 1 fully saturated rings. The smallest absolute Gasteiger partial charge is 0.227 e. The van der Waals surface area contributed by atoms with Gasteiger partial charge in [-0.2, -0.15) is 5.10 Å². The number of amides is 1. The second-order valence-electron chi connectivity index (χ2n) is 4.70. The van der Waals surface area contributed by atoms with E-state index in [9.17, 15) is 9.59 Å². The SMILES string of the molecule is O=C(CSc1ncn[nH]1)c1ccc(N2CCCC2=O)cc1. The second-order valence-corrected chi connectivity index (χ2v) is 5.66. The van der Waals surface area contributed by atoms with Gasteiger partial charge in [-0.25, -0.2) is 4.98 Å². The topological polar surface area (TPSA) is 79.0 Å². The van der Waals surface area contributed by atoms with Crippen LogP contribution in [0.2, 0.25) is 0 Å². The Balaban J connectivity index is 1.63. The lowest BCUT2D eigenvalue weighted by Gasteiger charge is -2.15. The molecule has 0 atom stereocenters. The Morgan fingerprint density at radius 2 is 2.14 bits per heavy atom. The van der Waals surface area contributed by atoms with Crippen LogP contribution in [0.25, 0.3) is 0 Å². The third-order valence-electron chi connectivity index (χ3n) is 3.31. The summed E-state index contributed by atoms with van der Waals surface area (Å²) < 4.78 is 0. The standard InChI is InChI=1S/C14H14N4O2S/c19-12(8-21-14-15-9-16-17-14)10-3-5-11(6-4-10)18-7-1-2-13(18)20/h3-6,9H,1-2,7-8H2,(H,15,16,17). The van der Waals surface area contributed by atoms with Gasteiger partial charge in [-0.1, -0.05) is 11.8 Å². The Hall–Kier alpha value is -2.15. The zero-order valence-electron chi connectivity index (χ0n) is 11.3. The summed E-state index contributed by atoms with van der Waals surface area (Å²) >= 11 is 1.32. The number of benzene rings is 1. The van der Waals surface area contributed by atoms with Gasteiger partial charge in [0.25, 0.3) is 0 Å². The van der Waals surface area contributed by atoms with Gasteiger partial charge in [-0.3, -0.25) is 14.7 Å². The molecule has 3 rings (SSSR count). The molecule has 0 bridgehead atoms. The first-order chi connectivity index (χ1) is 10.2. The average molecular weight is 302 g/mol. The first-order valence-corrected chi connectivity index (χ1v) is 7.64. The highest BCUT2D eigenvalue weighted by atomic mass is 32.2. The lowest BCUT2D eigenvalue weighted by Crippen LogP contribution is -2.23. The van der Waals surface area contributed by atoms with Gasteiger partial charge in [-0.05, 0) is 30.7 Å². The number of anilines is 1. The Morgan fingerprint density at radius 1 is 1.33 bits per heavy atom. The number of thioether (sulfide) groups is 1. The maximum Gasteiger partial charge on any atom is 0.227 e. The molecule has 21 heavy (non-hydrogen) atoms. The first-order valence-electron chi connectivity index (χ1n) is 6.66. The maximum absolute atomic E-state index is 12.1. The number of aromatic amines is 1. The first kappa shape index (κ1) is 13.8. The fourth-order valence-corrected chi connectivity index (χ4v) is 2.90. The van der Waals surface area contributed by atoms with Crippen molar-refractivity contribution in [2.75, 3.05) is 17.2 Å². The van der Waals surface area contributed by atoms with Gasteiger partial charge < -0.3 is 4.90 Å². The summed E-state index contributed by atoms with van der Waals surface area (Å²) in [6.07, 6.45) is 2.91. The maximum atomic E-state index is 12.1. The van der Waals surface area contributed by atoms with Gasteiger partial charge in [-0.15, -0.1) is 0 Å². The van der Waals surface area contributed by atoms with Crippen LogP contribution in [0.3, 0.4) is 0 Å². The molecular weight excluding hydrogens is 288 g/mol. The third kappa shape index (κ3) is 3.13. The van der Waals surface area contributed by atoms with Crippen LogP contribution >= 0.6 is 11.8 Å². The highest BCUT2D eigenvalue weighted by Gasteiger charge is 2.21. The largest absolute Gasteiger partial charge is 0.312 e. The summed E-state index contributed by atoms with van der Waals surface area (Å²) in [4.78, 5) is 29.5. The molecule has 1 aromatic heterocycles. The van der Waals surface area contributed by atoms with Crippen molar-refractivity contribution < 1.29 is 9.59 Å². The van der Waals surface area contributed by atoms with Gasteiger partial charge in [0.05, 0.1) is 5.75 Å². The molecular formula is C14H14N4O2S. The fraction of sp³-hybridized carbons (Fsp3) is 0.286. The van der Waals surface area contributed by atoms with E-state index in [2.05, 4.69) is 15.2 Å². The Labute approximate surface area is 125 Å². The molecule has 0 spiro atoms. The van der Waals surface area contributed by atoms with Crippen molar-refractivity contribution >= 4 is 29.1 Å². The minimum absolute atomic E-state index is 0.0238.